The lowest BCUT2D eigenvalue weighted by Crippen LogP contribution is -1.95. The van der Waals surface area contributed by atoms with Gasteiger partial charge in [-0.1, -0.05) is 0 Å². The summed E-state index contributed by atoms with van der Waals surface area (Å²) in [6.45, 7) is 1.88. The molecule has 0 saturated carbocycles. The number of nitrogens with zero attached hydrogens (tertiary/aromatic N) is 2. The lowest BCUT2D eigenvalue weighted by atomic mass is 10.3. The van der Waals surface area contributed by atoms with E-state index < -0.39 is 5.82 Å². The largest absolute Gasteiger partial charge is 0.494 e. The summed E-state index contributed by atoms with van der Waals surface area (Å²) in [6, 6.07) is 4.58. The van der Waals surface area contributed by atoms with E-state index in [1.54, 1.807) is 18.3 Å². The topological polar surface area (TPSA) is 61.0 Å². The summed E-state index contributed by atoms with van der Waals surface area (Å²) in [5.74, 6) is -0.330. The van der Waals surface area contributed by atoms with Gasteiger partial charge >= 0.3 is 0 Å². The van der Waals surface area contributed by atoms with Crippen molar-refractivity contribution in [3.63, 3.8) is 0 Å². The molecule has 2 aromatic rings. The average molecular weight is 265 g/mol. The number of rotatable bonds is 3. The molecule has 0 unspecified atom stereocenters. The molecule has 4 nitrogen and oxygen atoms in total. The first-order chi connectivity index (χ1) is 8.60. The van der Waals surface area contributed by atoms with Gasteiger partial charge in [-0.2, -0.15) is 0 Å². The summed E-state index contributed by atoms with van der Waals surface area (Å²) in [6.07, 6.45) is 1.67. The molecule has 18 heavy (non-hydrogen) atoms. The molecule has 2 rings (SSSR count). The van der Waals surface area contributed by atoms with Gasteiger partial charge in [-0.3, -0.25) is 0 Å². The first-order valence-corrected chi connectivity index (χ1v) is 6.02. The molecule has 1 heterocycles. The molecule has 1 aromatic heterocycles. The van der Waals surface area contributed by atoms with Crippen LogP contribution in [0.5, 0.6) is 5.75 Å². The van der Waals surface area contributed by atoms with Crippen molar-refractivity contribution in [3.05, 3.63) is 35.9 Å². The van der Waals surface area contributed by atoms with Crippen molar-refractivity contribution in [1.29, 1.82) is 0 Å². The number of aromatic nitrogens is 2. The van der Waals surface area contributed by atoms with Crippen LogP contribution in [0.4, 0.5) is 10.1 Å². The molecular formula is C12H12FN3OS. The summed E-state index contributed by atoms with van der Waals surface area (Å²) in [4.78, 5) is 9.03. The minimum Gasteiger partial charge on any atom is -0.494 e. The Kier molecular flexibility index (Phi) is 3.66. The van der Waals surface area contributed by atoms with E-state index in [4.69, 9.17) is 10.5 Å². The summed E-state index contributed by atoms with van der Waals surface area (Å²) in [5, 5.41) is 0.565. The van der Waals surface area contributed by atoms with E-state index in [-0.39, 0.29) is 5.75 Å². The fraction of sp³-hybridized carbons (Fsp3) is 0.167. The molecule has 1 aromatic carbocycles. The third-order valence-corrected chi connectivity index (χ3v) is 3.21. The van der Waals surface area contributed by atoms with Crippen molar-refractivity contribution >= 4 is 17.4 Å². The predicted octanol–water partition coefficient (Wildman–Crippen LogP) is 2.67. The van der Waals surface area contributed by atoms with Crippen LogP contribution in [-0.4, -0.2) is 17.1 Å². The van der Waals surface area contributed by atoms with Crippen molar-refractivity contribution in [2.45, 2.75) is 17.0 Å². The maximum absolute atomic E-state index is 13.4. The Morgan fingerprint density at radius 1 is 1.39 bits per heavy atom. The highest BCUT2D eigenvalue weighted by Gasteiger charge is 2.10. The second-order valence-corrected chi connectivity index (χ2v) is 4.62. The van der Waals surface area contributed by atoms with Crippen molar-refractivity contribution in [3.8, 4) is 5.75 Å². The third kappa shape index (κ3) is 2.70. The maximum atomic E-state index is 13.4. The zero-order chi connectivity index (χ0) is 13.1. The molecule has 0 atom stereocenters. The van der Waals surface area contributed by atoms with Crippen LogP contribution in [0.1, 0.15) is 5.69 Å². The Bertz CT molecular complexity index is 577. The fourth-order valence-corrected chi connectivity index (χ4v) is 2.21. The number of anilines is 1. The first kappa shape index (κ1) is 12.6. The van der Waals surface area contributed by atoms with E-state index in [0.29, 0.717) is 15.7 Å². The number of hydrogen-bond donors (Lipinski definition) is 1. The smallest absolute Gasteiger partial charge is 0.192 e. The van der Waals surface area contributed by atoms with Crippen LogP contribution in [0, 0.1) is 12.7 Å². The lowest BCUT2D eigenvalue weighted by Gasteiger charge is -2.08. The predicted molar refractivity (Wildman–Crippen MR) is 68.3 cm³/mol. The second-order valence-electron chi connectivity index (χ2n) is 3.61. The van der Waals surface area contributed by atoms with Crippen molar-refractivity contribution < 1.29 is 9.13 Å². The lowest BCUT2D eigenvalue weighted by molar-refractivity contribution is 0.385. The van der Waals surface area contributed by atoms with Crippen LogP contribution in [-0.2, 0) is 0 Å². The van der Waals surface area contributed by atoms with Crippen LogP contribution in [0.2, 0.25) is 0 Å². The van der Waals surface area contributed by atoms with Gasteiger partial charge in [0.2, 0.25) is 0 Å². The minimum atomic E-state index is -0.482. The Balaban J connectivity index is 2.34. The first-order valence-electron chi connectivity index (χ1n) is 5.20. The zero-order valence-corrected chi connectivity index (χ0v) is 10.8. The van der Waals surface area contributed by atoms with Gasteiger partial charge in [0.25, 0.3) is 0 Å². The van der Waals surface area contributed by atoms with Crippen LogP contribution < -0.4 is 10.5 Å². The highest BCUT2D eigenvalue weighted by molar-refractivity contribution is 7.99. The van der Waals surface area contributed by atoms with E-state index in [2.05, 4.69) is 9.97 Å². The molecule has 6 heteroatoms. The van der Waals surface area contributed by atoms with Gasteiger partial charge < -0.3 is 10.5 Å². The number of halogens is 1. The Morgan fingerprint density at radius 3 is 2.83 bits per heavy atom. The normalized spacial score (nSPS) is 10.4. The SMILES string of the molecule is COc1cc(Sc2nccc(C)n2)c(N)cc1F. The van der Waals surface area contributed by atoms with Gasteiger partial charge in [-0.25, -0.2) is 14.4 Å². The number of nitrogens with two attached hydrogens (primary N) is 1. The molecule has 0 amide bonds. The number of methoxy groups -OCH3 is 1. The molecule has 0 aliphatic carbocycles. The molecule has 0 spiro atoms. The number of nitrogen functional groups attached to an aromatic ring is 1. The Morgan fingerprint density at radius 2 is 2.17 bits per heavy atom. The van der Waals surface area contributed by atoms with Gasteiger partial charge in [0.1, 0.15) is 0 Å². The highest BCUT2D eigenvalue weighted by Crippen LogP contribution is 2.34. The molecule has 0 bridgehead atoms. The van der Waals surface area contributed by atoms with E-state index in [9.17, 15) is 4.39 Å². The zero-order valence-electron chi connectivity index (χ0n) is 9.98. The van der Waals surface area contributed by atoms with Crippen molar-refractivity contribution in [1.82, 2.24) is 9.97 Å². The van der Waals surface area contributed by atoms with Gasteiger partial charge in [0.15, 0.2) is 16.7 Å². The number of aryl methyl sites for hydroxylation is 1. The van der Waals surface area contributed by atoms with Gasteiger partial charge in [-0.05, 0) is 30.8 Å². The monoisotopic (exact) mass is 265 g/mol. The molecule has 0 saturated heterocycles. The van der Waals surface area contributed by atoms with E-state index in [1.807, 2.05) is 6.92 Å². The summed E-state index contributed by atoms with van der Waals surface area (Å²) in [7, 11) is 1.41. The Labute approximate surface area is 108 Å². The minimum absolute atomic E-state index is 0.152. The molecule has 0 aliphatic rings. The van der Waals surface area contributed by atoms with Gasteiger partial charge in [0, 0.05) is 28.5 Å². The molecule has 0 radical (unpaired) electrons. The van der Waals surface area contributed by atoms with Crippen molar-refractivity contribution in [2.24, 2.45) is 0 Å². The van der Waals surface area contributed by atoms with Gasteiger partial charge in [0.05, 0.1) is 7.11 Å². The standard InChI is InChI=1S/C12H12FN3OS/c1-7-3-4-15-12(16-7)18-11-6-10(17-2)8(13)5-9(11)14/h3-6H,14H2,1-2H3. The molecule has 2 N–H and O–H groups in total. The van der Waals surface area contributed by atoms with Crippen LogP contribution in [0.3, 0.4) is 0 Å². The van der Waals surface area contributed by atoms with E-state index in [1.165, 1.54) is 24.9 Å². The van der Waals surface area contributed by atoms with E-state index >= 15 is 0 Å². The molecular weight excluding hydrogens is 253 g/mol. The number of hydrogen-bond acceptors (Lipinski definition) is 5. The fourth-order valence-electron chi connectivity index (χ4n) is 1.37. The number of benzene rings is 1. The van der Waals surface area contributed by atoms with E-state index in [0.717, 1.165) is 5.69 Å². The van der Waals surface area contributed by atoms with Crippen molar-refractivity contribution in [2.75, 3.05) is 12.8 Å². The maximum Gasteiger partial charge on any atom is 0.192 e. The molecule has 0 aliphatic heterocycles. The quantitative estimate of drug-likeness (QED) is 0.683. The van der Waals surface area contributed by atoms with Crippen LogP contribution in [0.15, 0.2) is 34.4 Å². The summed E-state index contributed by atoms with van der Waals surface area (Å²) in [5.41, 5.74) is 6.96. The summed E-state index contributed by atoms with van der Waals surface area (Å²) >= 11 is 1.27. The number of ether oxygens (including phenoxy) is 1. The van der Waals surface area contributed by atoms with Crippen LogP contribution >= 0.6 is 11.8 Å². The summed E-state index contributed by atoms with van der Waals surface area (Å²) < 4.78 is 18.3. The molecule has 0 fully saturated rings. The second kappa shape index (κ2) is 5.22. The molecule has 94 valence electrons. The van der Waals surface area contributed by atoms with Gasteiger partial charge in [-0.15, -0.1) is 0 Å². The third-order valence-electron chi connectivity index (χ3n) is 2.26. The van der Waals surface area contributed by atoms with Crippen LogP contribution in [0.25, 0.3) is 0 Å². The average Bonchev–Trinajstić information content (AvgIpc) is 2.33. The Hall–Kier alpha value is -1.82. The highest BCUT2D eigenvalue weighted by atomic mass is 32.2.